The second kappa shape index (κ2) is 5.21. The maximum atomic E-state index is 5.24. The summed E-state index contributed by atoms with van der Waals surface area (Å²) in [5, 5.41) is 6.81. The molecule has 0 aliphatic heterocycles. The number of nitrogens with two attached hydrogens (primary N) is 1. The fourth-order valence-electron chi connectivity index (χ4n) is 1.27. The Bertz CT molecular complexity index is 484. The zero-order valence-corrected chi connectivity index (χ0v) is 9.34. The van der Waals surface area contributed by atoms with E-state index in [1.54, 1.807) is 13.0 Å². The molecule has 0 fully saturated rings. The molecule has 0 unspecified atom stereocenters. The molecule has 0 saturated carbocycles. The van der Waals surface area contributed by atoms with Crippen molar-refractivity contribution in [3.63, 3.8) is 0 Å². The highest BCUT2D eigenvalue weighted by atomic mass is 16.5. The molecule has 8 nitrogen and oxygen atoms in total. The van der Waals surface area contributed by atoms with Crippen molar-refractivity contribution in [1.29, 1.82) is 0 Å². The van der Waals surface area contributed by atoms with Crippen molar-refractivity contribution in [2.45, 2.75) is 13.3 Å². The van der Waals surface area contributed by atoms with Crippen molar-refractivity contribution in [2.24, 2.45) is 5.84 Å². The Morgan fingerprint density at radius 2 is 2.18 bits per heavy atom. The zero-order valence-electron chi connectivity index (χ0n) is 9.34. The summed E-state index contributed by atoms with van der Waals surface area (Å²) in [5.74, 6) is 7.71. The lowest BCUT2D eigenvalue weighted by molar-refractivity contribution is 0.377. The third-order valence-electron chi connectivity index (χ3n) is 2.03. The first-order chi connectivity index (χ1) is 8.28. The van der Waals surface area contributed by atoms with Gasteiger partial charge in [0, 0.05) is 19.0 Å². The molecule has 2 rings (SSSR count). The van der Waals surface area contributed by atoms with Crippen molar-refractivity contribution in [2.75, 3.05) is 17.3 Å². The molecule has 0 amide bonds. The zero-order chi connectivity index (χ0) is 12.1. The number of aryl methyl sites for hydroxylation is 1. The number of hydrogen-bond acceptors (Lipinski definition) is 8. The second-order valence-corrected chi connectivity index (χ2v) is 3.34. The van der Waals surface area contributed by atoms with Crippen molar-refractivity contribution in [3.8, 4) is 0 Å². The van der Waals surface area contributed by atoms with Gasteiger partial charge in [0.15, 0.2) is 5.82 Å². The predicted octanol–water partition coefficient (Wildman–Crippen LogP) is 0.108. The fraction of sp³-hybridized carbons (Fsp3) is 0.333. The minimum atomic E-state index is 0.552. The van der Waals surface area contributed by atoms with Crippen LogP contribution in [0.25, 0.3) is 0 Å². The molecule has 0 bridgehead atoms. The Kier molecular flexibility index (Phi) is 3.46. The predicted molar refractivity (Wildman–Crippen MR) is 61.1 cm³/mol. The summed E-state index contributed by atoms with van der Waals surface area (Å²) in [5.41, 5.74) is 2.45. The van der Waals surface area contributed by atoms with Crippen LogP contribution in [0.15, 0.2) is 16.9 Å². The summed E-state index contributed by atoms with van der Waals surface area (Å²) >= 11 is 0. The largest absolute Gasteiger partial charge is 0.369 e. The molecule has 0 atom stereocenters. The number of aromatic nitrogens is 4. The van der Waals surface area contributed by atoms with Crippen molar-refractivity contribution >= 4 is 11.6 Å². The quantitative estimate of drug-likeness (QED) is 0.494. The van der Waals surface area contributed by atoms with E-state index in [-0.39, 0.29) is 0 Å². The highest BCUT2D eigenvalue weighted by Crippen LogP contribution is 2.07. The van der Waals surface area contributed by atoms with E-state index >= 15 is 0 Å². The van der Waals surface area contributed by atoms with E-state index < -0.39 is 0 Å². The molecule has 2 aromatic rings. The molecule has 17 heavy (non-hydrogen) atoms. The van der Waals surface area contributed by atoms with Crippen molar-refractivity contribution < 1.29 is 4.52 Å². The first kappa shape index (κ1) is 11.3. The smallest absolute Gasteiger partial charge is 0.228 e. The molecule has 0 aliphatic rings. The van der Waals surface area contributed by atoms with Gasteiger partial charge in [-0.3, -0.25) is 0 Å². The summed E-state index contributed by atoms with van der Waals surface area (Å²) < 4.78 is 4.98. The van der Waals surface area contributed by atoms with E-state index in [4.69, 9.17) is 10.4 Å². The van der Waals surface area contributed by atoms with Gasteiger partial charge in [0.1, 0.15) is 18.0 Å². The van der Waals surface area contributed by atoms with Gasteiger partial charge in [-0.2, -0.15) is 4.98 Å². The number of hydrazine groups is 1. The number of anilines is 2. The summed E-state index contributed by atoms with van der Waals surface area (Å²) in [6, 6.07) is 1.71. The number of hydrogen-bond donors (Lipinski definition) is 3. The van der Waals surface area contributed by atoms with Gasteiger partial charge in [-0.25, -0.2) is 15.8 Å². The van der Waals surface area contributed by atoms with E-state index in [0.29, 0.717) is 36.3 Å². The van der Waals surface area contributed by atoms with Crippen LogP contribution in [0, 0.1) is 6.92 Å². The van der Waals surface area contributed by atoms with Gasteiger partial charge in [-0.05, 0) is 6.92 Å². The third kappa shape index (κ3) is 3.11. The lowest BCUT2D eigenvalue weighted by Crippen LogP contribution is -2.11. The molecule has 90 valence electrons. The minimum absolute atomic E-state index is 0.552. The lowest BCUT2D eigenvalue weighted by Gasteiger charge is -2.04. The van der Waals surface area contributed by atoms with Crippen molar-refractivity contribution in [1.82, 2.24) is 20.1 Å². The van der Waals surface area contributed by atoms with Crippen LogP contribution in [-0.4, -0.2) is 26.7 Å². The van der Waals surface area contributed by atoms with Crippen LogP contribution in [0.2, 0.25) is 0 Å². The number of nitrogens with one attached hydrogen (secondary N) is 2. The van der Waals surface area contributed by atoms with E-state index in [1.807, 2.05) is 0 Å². The average Bonchev–Trinajstić information content (AvgIpc) is 2.75. The summed E-state index contributed by atoms with van der Waals surface area (Å²) in [6.07, 6.45) is 2.06. The van der Waals surface area contributed by atoms with E-state index in [2.05, 4.69) is 30.9 Å². The maximum Gasteiger partial charge on any atom is 0.228 e. The van der Waals surface area contributed by atoms with Gasteiger partial charge in [0.25, 0.3) is 0 Å². The molecule has 0 spiro atoms. The van der Waals surface area contributed by atoms with Gasteiger partial charge in [-0.15, -0.1) is 0 Å². The summed E-state index contributed by atoms with van der Waals surface area (Å²) in [7, 11) is 0. The van der Waals surface area contributed by atoms with E-state index in [0.717, 1.165) is 0 Å². The Morgan fingerprint density at radius 1 is 1.35 bits per heavy atom. The highest BCUT2D eigenvalue weighted by Gasteiger charge is 2.02. The Balaban J connectivity index is 1.85. The molecule has 2 heterocycles. The topological polar surface area (TPSA) is 115 Å². The van der Waals surface area contributed by atoms with Crippen LogP contribution in [0.1, 0.15) is 11.7 Å². The molecule has 0 saturated heterocycles. The third-order valence-corrected chi connectivity index (χ3v) is 2.03. The Hall–Kier alpha value is -2.22. The standard InChI is InChI=1S/C9H13N7O/c1-6-14-9(17-16-6)2-3-11-7-4-8(15-10)13-5-12-7/h4-5H,2-3,10H2,1H3,(H2,11,12,13,15). The van der Waals surface area contributed by atoms with Crippen LogP contribution >= 0.6 is 0 Å². The monoisotopic (exact) mass is 235 g/mol. The van der Waals surface area contributed by atoms with Crippen LogP contribution in [0.5, 0.6) is 0 Å². The van der Waals surface area contributed by atoms with Gasteiger partial charge < -0.3 is 15.3 Å². The Morgan fingerprint density at radius 3 is 2.88 bits per heavy atom. The van der Waals surface area contributed by atoms with Crippen molar-refractivity contribution in [3.05, 3.63) is 24.1 Å². The number of nitrogens with zero attached hydrogens (tertiary/aromatic N) is 4. The normalized spacial score (nSPS) is 10.2. The molecule has 2 aromatic heterocycles. The average molecular weight is 235 g/mol. The SMILES string of the molecule is Cc1noc(CCNc2cc(NN)ncn2)n1. The van der Waals surface area contributed by atoms with Crippen LogP contribution in [0.3, 0.4) is 0 Å². The van der Waals surface area contributed by atoms with E-state index in [1.165, 1.54) is 6.33 Å². The first-order valence-electron chi connectivity index (χ1n) is 5.09. The maximum absolute atomic E-state index is 5.24. The summed E-state index contributed by atoms with van der Waals surface area (Å²) in [6.45, 7) is 2.42. The van der Waals surface area contributed by atoms with Crippen LogP contribution < -0.4 is 16.6 Å². The second-order valence-electron chi connectivity index (χ2n) is 3.34. The molecule has 8 heteroatoms. The van der Waals surface area contributed by atoms with Gasteiger partial charge >= 0.3 is 0 Å². The molecular weight excluding hydrogens is 222 g/mol. The number of nitrogen functional groups attached to an aromatic ring is 1. The molecular formula is C9H13N7O. The fourth-order valence-corrected chi connectivity index (χ4v) is 1.27. The molecule has 0 aliphatic carbocycles. The Labute approximate surface area is 97.6 Å². The molecule has 0 radical (unpaired) electrons. The van der Waals surface area contributed by atoms with Crippen LogP contribution in [0.4, 0.5) is 11.6 Å². The molecule has 4 N–H and O–H groups in total. The van der Waals surface area contributed by atoms with E-state index in [9.17, 15) is 0 Å². The lowest BCUT2D eigenvalue weighted by atomic mass is 10.4. The molecule has 0 aromatic carbocycles. The summed E-state index contributed by atoms with van der Waals surface area (Å²) in [4.78, 5) is 12.0. The minimum Gasteiger partial charge on any atom is -0.369 e. The van der Waals surface area contributed by atoms with Crippen LogP contribution in [-0.2, 0) is 6.42 Å². The van der Waals surface area contributed by atoms with Gasteiger partial charge in [0.05, 0.1) is 0 Å². The van der Waals surface area contributed by atoms with Gasteiger partial charge in [0.2, 0.25) is 5.89 Å². The first-order valence-corrected chi connectivity index (χ1v) is 5.09. The van der Waals surface area contributed by atoms with Gasteiger partial charge in [-0.1, -0.05) is 5.16 Å². The number of rotatable bonds is 5. The highest BCUT2D eigenvalue weighted by molar-refractivity contribution is 5.45.